The normalized spacial score (nSPS) is 12.2. The van der Waals surface area contributed by atoms with Gasteiger partial charge in [-0.2, -0.15) is 0 Å². The fourth-order valence-electron chi connectivity index (χ4n) is 1.76. The molecule has 0 aromatic heterocycles. The third kappa shape index (κ3) is 4.84. The number of benzene rings is 1. The summed E-state index contributed by atoms with van der Waals surface area (Å²) in [5.41, 5.74) is 0.876. The quantitative estimate of drug-likeness (QED) is 0.782. The Hall–Kier alpha value is -1.42. The number of carbonyl (C=O) groups is 1. The van der Waals surface area contributed by atoms with Crippen LogP contribution in [0.4, 0.5) is 4.39 Å². The lowest BCUT2D eigenvalue weighted by Gasteiger charge is -2.17. The summed E-state index contributed by atoms with van der Waals surface area (Å²) < 4.78 is 13.1. The van der Waals surface area contributed by atoms with Crippen molar-refractivity contribution in [3.05, 3.63) is 35.6 Å². The van der Waals surface area contributed by atoms with Crippen LogP contribution in [0.2, 0.25) is 0 Å². The van der Waals surface area contributed by atoms with Crippen LogP contribution >= 0.6 is 0 Å². The van der Waals surface area contributed by atoms with Gasteiger partial charge >= 0.3 is 0 Å². The van der Waals surface area contributed by atoms with E-state index in [0.717, 1.165) is 18.4 Å². The van der Waals surface area contributed by atoms with Crippen LogP contribution in [0.1, 0.15) is 38.3 Å². The molecule has 0 aliphatic rings. The van der Waals surface area contributed by atoms with Gasteiger partial charge in [-0.05, 0) is 30.5 Å². The van der Waals surface area contributed by atoms with Gasteiger partial charge in [0.15, 0.2) is 0 Å². The minimum Gasteiger partial charge on any atom is -0.355 e. The van der Waals surface area contributed by atoms with Crippen molar-refractivity contribution < 1.29 is 9.18 Å². The molecule has 0 aliphatic heterocycles. The SMILES string of the molecule is CCCNC(=O)CNC(CC)c1cccc(F)c1. The van der Waals surface area contributed by atoms with E-state index >= 15 is 0 Å². The van der Waals surface area contributed by atoms with E-state index in [1.54, 1.807) is 6.07 Å². The molecule has 4 heteroatoms. The lowest BCUT2D eigenvalue weighted by molar-refractivity contribution is -0.120. The van der Waals surface area contributed by atoms with E-state index in [4.69, 9.17) is 0 Å². The second-order valence-electron chi connectivity index (χ2n) is 4.25. The zero-order valence-corrected chi connectivity index (χ0v) is 11.0. The van der Waals surface area contributed by atoms with Gasteiger partial charge in [-0.1, -0.05) is 26.0 Å². The molecule has 18 heavy (non-hydrogen) atoms. The molecule has 1 unspecified atom stereocenters. The Bertz CT molecular complexity index is 382. The highest BCUT2D eigenvalue weighted by Gasteiger charge is 2.10. The summed E-state index contributed by atoms with van der Waals surface area (Å²) in [6.45, 7) is 4.97. The average molecular weight is 252 g/mol. The highest BCUT2D eigenvalue weighted by molar-refractivity contribution is 5.77. The summed E-state index contributed by atoms with van der Waals surface area (Å²) in [5.74, 6) is -0.269. The zero-order valence-electron chi connectivity index (χ0n) is 11.0. The molecule has 3 nitrogen and oxygen atoms in total. The third-order valence-corrected chi connectivity index (χ3v) is 2.74. The molecule has 0 saturated heterocycles. The van der Waals surface area contributed by atoms with Crippen LogP contribution in [0.25, 0.3) is 0 Å². The van der Waals surface area contributed by atoms with Crippen molar-refractivity contribution in [2.75, 3.05) is 13.1 Å². The van der Waals surface area contributed by atoms with Crippen molar-refractivity contribution in [3.8, 4) is 0 Å². The van der Waals surface area contributed by atoms with Gasteiger partial charge in [-0.15, -0.1) is 0 Å². The van der Waals surface area contributed by atoms with Crippen LogP contribution < -0.4 is 10.6 Å². The van der Waals surface area contributed by atoms with Gasteiger partial charge in [-0.25, -0.2) is 4.39 Å². The van der Waals surface area contributed by atoms with E-state index in [9.17, 15) is 9.18 Å². The first-order valence-electron chi connectivity index (χ1n) is 6.42. The van der Waals surface area contributed by atoms with E-state index in [2.05, 4.69) is 10.6 Å². The second-order valence-corrected chi connectivity index (χ2v) is 4.25. The number of nitrogens with one attached hydrogen (secondary N) is 2. The number of halogens is 1. The maximum Gasteiger partial charge on any atom is 0.233 e. The molecule has 2 N–H and O–H groups in total. The number of amides is 1. The first-order chi connectivity index (χ1) is 8.67. The number of carbonyl (C=O) groups excluding carboxylic acids is 1. The molecule has 1 amide bonds. The van der Waals surface area contributed by atoms with E-state index in [1.165, 1.54) is 12.1 Å². The molecule has 0 fully saturated rings. The van der Waals surface area contributed by atoms with Crippen LogP contribution in [-0.4, -0.2) is 19.0 Å². The zero-order chi connectivity index (χ0) is 13.4. The molecule has 0 aliphatic carbocycles. The standard InChI is InChI=1S/C14H21FN2O/c1-3-8-16-14(18)10-17-13(4-2)11-6-5-7-12(15)9-11/h5-7,9,13,17H,3-4,8,10H2,1-2H3,(H,16,18). The van der Waals surface area contributed by atoms with Gasteiger partial charge < -0.3 is 10.6 Å². The van der Waals surface area contributed by atoms with Crippen LogP contribution in [-0.2, 0) is 4.79 Å². The number of hydrogen-bond donors (Lipinski definition) is 2. The van der Waals surface area contributed by atoms with Crippen molar-refractivity contribution >= 4 is 5.91 Å². The van der Waals surface area contributed by atoms with Crippen molar-refractivity contribution in [3.63, 3.8) is 0 Å². The minimum atomic E-state index is -0.247. The van der Waals surface area contributed by atoms with E-state index in [-0.39, 0.29) is 24.3 Å². The van der Waals surface area contributed by atoms with Crippen LogP contribution in [0.5, 0.6) is 0 Å². The summed E-state index contributed by atoms with van der Waals surface area (Å²) in [6, 6.07) is 6.49. The molecular formula is C14H21FN2O. The smallest absolute Gasteiger partial charge is 0.233 e. The highest BCUT2D eigenvalue weighted by Crippen LogP contribution is 2.16. The molecule has 1 rings (SSSR count). The third-order valence-electron chi connectivity index (χ3n) is 2.74. The molecule has 1 aromatic carbocycles. The summed E-state index contributed by atoms with van der Waals surface area (Å²) in [7, 11) is 0. The lowest BCUT2D eigenvalue weighted by Crippen LogP contribution is -2.35. The Labute approximate surface area is 108 Å². The number of rotatable bonds is 7. The van der Waals surface area contributed by atoms with E-state index in [0.29, 0.717) is 6.54 Å². The first kappa shape index (κ1) is 14.6. The van der Waals surface area contributed by atoms with Gasteiger partial charge in [0.1, 0.15) is 5.82 Å². The van der Waals surface area contributed by atoms with Gasteiger partial charge in [-0.3, -0.25) is 4.79 Å². The van der Waals surface area contributed by atoms with E-state index < -0.39 is 0 Å². The number of hydrogen-bond acceptors (Lipinski definition) is 2. The molecule has 1 atom stereocenters. The van der Waals surface area contributed by atoms with Crippen LogP contribution in [0.15, 0.2) is 24.3 Å². The van der Waals surface area contributed by atoms with E-state index in [1.807, 2.05) is 19.9 Å². The maximum absolute atomic E-state index is 13.1. The molecule has 0 saturated carbocycles. The maximum atomic E-state index is 13.1. The minimum absolute atomic E-state index is 0.00748. The van der Waals surface area contributed by atoms with Crippen LogP contribution in [0, 0.1) is 5.82 Å². The van der Waals surface area contributed by atoms with Gasteiger partial charge in [0.25, 0.3) is 0 Å². The molecule has 0 radical (unpaired) electrons. The predicted molar refractivity (Wildman–Crippen MR) is 70.7 cm³/mol. The molecular weight excluding hydrogens is 231 g/mol. The molecule has 100 valence electrons. The summed E-state index contributed by atoms with van der Waals surface area (Å²) in [5, 5.41) is 5.94. The van der Waals surface area contributed by atoms with Crippen molar-refractivity contribution in [2.45, 2.75) is 32.7 Å². The first-order valence-corrected chi connectivity index (χ1v) is 6.42. The average Bonchev–Trinajstić information content (AvgIpc) is 2.37. The Morgan fingerprint density at radius 3 is 2.78 bits per heavy atom. The van der Waals surface area contributed by atoms with Crippen molar-refractivity contribution in [1.29, 1.82) is 0 Å². The fourth-order valence-corrected chi connectivity index (χ4v) is 1.76. The Balaban J connectivity index is 2.50. The molecule has 0 spiro atoms. The van der Waals surface area contributed by atoms with Crippen molar-refractivity contribution in [2.24, 2.45) is 0 Å². The van der Waals surface area contributed by atoms with Gasteiger partial charge in [0, 0.05) is 12.6 Å². The Morgan fingerprint density at radius 2 is 2.17 bits per heavy atom. The highest BCUT2D eigenvalue weighted by atomic mass is 19.1. The molecule has 1 aromatic rings. The van der Waals surface area contributed by atoms with Gasteiger partial charge in [0.05, 0.1) is 6.54 Å². The van der Waals surface area contributed by atoms with Crippen molar-refractivity contribution in [1.82, 2.24) is 10.6 Å². The largest absolute Gasteiger partial charge is 0.355 e. The molecule has 0 heterocycles. The second kappa shape index (κ2) is 7.82. The lowest BCUT2D eigenvalue weighted by atomic mass is 10.0. The predicted octanol–water partition coefficient (Wildman–Crippen LogP) is 2.39. The Morgan fingerprint density at radius 1 is 1.39 bits per heavy atom. The Kier molecular flexibility index (Phi) is 6.36. The summed E-state index contributed by atoms with van der Waals surface area (Å²) in [6.07, 6.45) is 1.73. The summed E-state index contributed by atoms with van der Waals surface area (Å²) in [4.78, 5) is 11.5. The monoisotopic (exact) mass is 252 g/mol. The molecule has 0 bridgehead atoms. The summed E-state index contributed by atoms with van der Waals surface area (Å²) >= 11 is 0. The fraction of sp³-hybridized carbons (Fsp3) is 0.500. The van der Waals surface area contributed by atoms with Crippen LogP contribution in [0.3, 0.4) is 0 Å². The topological polar surface area (TPSA) is 41.1 Å². The van der Waals surface area contributed by atoms with Gasteiger partial charge in [0.2, 0.25) is 5.91 Å².